The summed E-state index contributed by atoms with van der Waals surface area (Å²) in [5, 5.41) is 6.55. The first-order chi connectivity index (χ1) is 8.83. The molecule has 0 aliphatic heterocycles. The van der Waals surface area contributed by atoms with E-state index in [4.69, 9.17) is 0 Å². The Bertz CT molecular complexity index is 473. The van der Waals surface area contributed by atoms with Crippen LogP contribution in [-0.2, 0) is 13.0 Å². The minimum atomic E-state index is 0.862. The van der Waals surface area contributed by atoms with Gasteiger partial charge in [-0.1, -0.05) is 44.5 Å². The van der Waals surface area contributed by atoms with Gasteiger partial charge in [-0.3, -0.25) is 0 Å². The van der Waals surface area contributed by atoms with Crippen molar-refractivity contribution < 1.29 is 0 Å². The summed E-state index contributed by atoms with van der Waals surface area (Å²) >= 11 is 1.72. The fourth-order valence-electron chi connectivity index (χ4n) is 1.88. The summed E-state index contributed by atoms with van der Waals surface area (Å²) in [6.07, 6.45) is 2.35. The Morgan fingerprint density at radius 2 is 1.94 bits per heavy atom. The number of aromatic nitrogens is 1. The van der Waals surface area contributed by atoms with E-state index in [9.17, 15) is 0 Å². The minimum Gasteiger partial charge on any atom is -0.311 e. The van der Waals surface area contributed by atoms with Crippen LogP contribution in [0.25, 0.3) is 10.6 Å². The topological polar surface area (TPSA) is 24.9 Å². The second-order valence-electron chi connectivity index (χ2n) is 4.37. The van der Waals surface area contributed by atoms with Gasteiger partial charge in [0.05, 0.1) is 5.69 Å². The second kappa shape index (κ2) is 6.66. The van der Waals surface area contributed by atoms with Crippen LogP contribution in [0.15, 0.2) is 29.6 Å². The molecule has 0 saturated carbocycles. The monoisotopic (exact) mass is 260 g/mol. The van der Waals surface area contributed by atoms with E-state index in [2.05, 4.69) is 53.8 Å². The van der Waals surface area contributed by atoms with E-state index in [-0.39, 0.29) is 0 Å². The molecule has 18 heavy (non-hydrogen) atoms. The first kappa shape index (κ1) is 13.2. The third-order valence-electron chi connectivity index (χ3n) is 2.85. The molecule has 1 aromatic carbocycles. The normalized spacial score (nSPS) is 10.8. The van der Waals surface area contributed by atoms with E-state index in [0.717, 1.165) is 30.2 Å². The lowest BCUT2D eigenvalue weighted by atomic mass is 10.1. The van der Waals surface area contributed by atoms with Crippen LogP contribution in [0.2, 0.25) is 0 Å². The predicted molar refractivity (Wildman–Crippen MR) is 78.9 cm³/mol. The lowest BCUT2D eigenvalue weighted by molar-refractivity contribution is 0.715. The summed E-state index contributed by atoms with van der Waals surface area (Å²) in [5.74, 6) is 0. The molecule has 96 valence electrons. The van der Waals surface area contributed by atoms with E-state index >= 15 is 0 Å². The number of hydrogen-bond donors (Lipinski definition) is 1. The average Bonchev–Trinajstić information content (AvgIpc) is 2.86. The molecular weight excluding hydrogens is 240 g/mol. The van der Waals surface area contributed by atoms with Crippen LogP contribution in [0.4, 0.5) is 0 Å². The molecule has 1 aromatic heterocycles. The summed E-state index contributed by atoms with van der Waals surface area (Å²) < 4.78 is 0. The fraction of sp³-hybridized carbons (Fsp3) is 0.400. The highest BCUT2D eigenvalue weighted by Gasteiger charge is 2.04. The van der Waals surface area contributed by atoms with Crippen molar-refractivity contribution in [1.82, 2.24) is 10.3 Å². The SMILES string of the molecule is CCCc1ccc(-c2nc(CNCC)cs2)cc1. The summed E-state index contributed by atoms with van der Waals surface area (Å²) in [6, 6.07) is 8.79. The molecule has 0 amide bonds. The zero-order valence-electron chi connectivity index (χ0n) is 11.1. The molecule has 0 unspecified atom stereocenters. The van der Waals surface area contributed by atoms with Gasteiger partial charge in [0.2, 0.25) is 0 Å². The number of nitrogens with one attached hydrogen (secondary N) is 1. The number of benzene rings is 1. The molecule has 0 saturated heterocycles. The van der Waals surface area contributed by atoms with E-state index in [1.807, 2.05) is 0 Å². The van der Waals surface area contributed by atoms with E-state index in [0.29, 0.717) is 0 Å². The molecule has 1 N–H and O–H groups in total. The Kier molecular flexibility index (Phi) is 4.90. The number of aryl methyl sites for hydroxylation is 1. The average molecular weight is 260 g/mol. The van der Waals surface area contributed by atoms with Gasteiger partial charge >= 0.3 is 0 Å². The van der Waals surface area contributed by atoms with Crippen molar-refractivity contribution in [3.8, 4) is 10.6 Å². The van der Waals surface area contributed by atoms with Gasteiger partial charge in [0.1, 0.15) is 5.01 Å². The van der Waals surface area contributed by atoms with Crippen LogP contribution < -0.4 is 5.32 Å². The maximum atomic E-state index is 4.65. The molecule has 0 spiro atoms. The van der Waals surface area contributed by atoms with Crippen LogP contribution in [0.1, 0.15) is 31.5 Å². The zero-order chi connectivity index (χ0) is 12.8. The Morgan fingerprint density at radius 3 is 2.61 bits per heavy atom. The predicted octanol–water partition coefficient (Wildman–Crippen LogP) is 3.87. The van der Waals surface area contributed by atoms with Gasteiger partial charge in [0, 0.05) is 17.5 Å². The van der Waals surface area contributed by atoms with E-state index in [1.54, 1.807) is 11.3 Å². The Labute approximate surface area is 113 Å². The number of rotatable bonds is 6. The van der Waals surface area contributed by atoms with Crippen LogP contribution in [-0.4, -0.2) is 11.5 Å². The van der Waals surface area contributed by atoms with E-state index < -0.39 is 0 Å². The lowest BCUT2D eigenvalue weighted by Gasteiger charge is -2.00. The number of thiazole rings is 1. The summed E-state index contributed by atoms with van der Waals surface area (Å²) in [6.45, 7) is 6.17. The molecule has 0 fully saturated rings. The lowest BCUT2D eigenvalue weighted by Crippen LogP contribution is -2.11. The van der Waals surface area contributed by atoms with Crippen molar-refractivity contribution in [3.63, 3.8) is 0 Å². The maximum absolute atomic E-state index is 4.65. The minimum absolute atomic E-state index is 0.862. The summed E-state index contributed by atoms with van der Waals surface area (Å²) in [5.41, 5.74) is 3.77. The standard InChI is InChI=1S/C15H20N2S/c1-3-5-12-6-8-13(9-7-12)15-17-14(11-18-15)10-16-4-2/h6-9,11,16H,3-5,10H2,1-2H3. The Balaban J connectivity index is 2.08. The molecule has 0 atom stereocenters. The molecule has 2 aromatic rings. The highest BCUT2D eigenvalue weighted by atomic mass is 32.1. The van der Waals surface area contributed by atoms with Crippen LogP contribution in [0.5, 0.6) is 0 Å². The second-order valence-corrected chi connectivity index (χ2v) is 5.23. The van der Waals surface area contributed by atoms with Crippen molar-refractivity contribution >= 4 is 11.3 Å². The summed E-state index contributed by atoms with van der Waals surface area (Å²) in [7, 11) is 0. The number of nitrogens with zero attached hydrogens (tertiary/aromatic N) is 1. The molecule has 0 aliphatic rings. The Morgan fingerprint density at radius 1 is 1.17 bits per heavy atom. The van der Waals surface area contributed by atoms with Gasteiger partial charge in [0.15, 0.2) is 0 Å². The molecule has 2 nitrogen and oxygen atoms in total. The molecule has 2 rings (SSSR count). The van der Waals surface area contributed by atoms with Gasteiger partial charge in [-0.15, -0.1) is 11.3 Å². The van der Waals surface area contributed by atoms with Crippen molar-refractivity contribution in [2.45, 2.75) is 33.2 Å². The smallest absolute Gasteiger partial charge is 0.123 e. The largest absolute Gasteiger partial charge is 0.311 e. The summed E-state index contributed by atoms with van der Waals surface area (Å²) in [4.78, 5) is 4.65. The highest BCUT2D eigenvalue weighted by molar-refractivity contribution is 7.13. The zero-order valence-corrected chi connectivity index (χ0v) is 11.9. The molecule has 0 bridgehead atoms. The van der Waals surface area contributed by atoms with Gasteiger partial charge in [-0.05, 0) is 18.5 Å². The molecule has 1 heterocycles. The van der Waals surface area contributed by atoms with Gasteiger partial charge in [0.25, 0.3) is 0 Å². The van der Waals surface area contributed by atoms with Gasteiger partial charge in [-0.25, -0.2) is 4.98 Å². The van der Waals surface area contributed by atoms with Crippen molar-refractivity contribution in [2.75, 3.05) is 6.54 Å². The molecule has 3 heteroatoms. The van der Waals surface area contributed by atoms with Crippen LogP contribution in [0, 0.1) is 0 Å². The van der Waals surface area contributed by atoms with Gasteiger partial charge in [-0.2, -0.15) is 0 Å². The maximum Gasteiger partial charge on any atom is 0.123 e. The Hall–Kier alpha value is -1.19. The van der Waals surface area contributed by atoms with Gasteiger partial charge < -0.3 is 5.32 Å². The third-order valence-corrected chi connectivity index (χ3v) is 3.79. The van der Waals surface area contributed by atoms with Crippen molar-refractivity contribution in [2.24, 2.45) is 0 Å². The quantitative estimate of drug-likeness (QED) is 0.852. The van der Waals surface area contributed by atoms with E-state index in [1.165, 1.54) is 17.5 Å². The van der Waals surface area contributed by atoms with Crippen LogP contribution in [0.3, 0.4) is 0 Å². The molecule has 0 radical (unpaired) electrons. The van der Waals surface area contributed by atoms with Crippen molar-refractivity contribution in [1.29, 1.82) is 0 Å². The first-order valence-corrected chi connectivity index (χ1v) is 7.46. The molecular formula is C15H20N2S. The number of hydrogen-bond acceptors (Lipinski definition) is 3. The molecule has 0 aliphatic carbocycles. The fourth-order valence-corrected chi connectivity index (χ4v) is 2.70. The van der Waals surface area contributed by atoms with Crippen LogP contribution >= 0.6 is 11.3 Å². The highest BCUT2D eigenvalue weighted by Crippen LogP contribution is 2.24. The van der Waals surface area contributed by atoms with Crippen molar-refractivity contribution in [3.05, 3.63) is 40.9 Å². The first-order valence-electron chi connectivity index (χ1n) is 6.58. The third kappa shape index (κ3) is 3.40.